The van der Waals surface area contributed by atoms with Gasteiger partial charge in [-0.3, -0.25) is 9.78 Å². The molecule has 0 saturated heterocycles. The van der Waals surface area contributed by atoms with Crippen LogP contribution in [-0.4, -0.2) is 55.6 Å². The number of carbonyl (C=O) groups is 2. The second kappa shape index (κ2) is 14.0. The van der Waals surface area contributed by atoms with Crippen molar-refractivity contribution < 1.29 is 40.7 Å². The van der Waals surface area contributed by atoms with Crippen molar-refractivity contribution in [3.63, 3.8) is 0 Å². The Hall–Kier alpha value is -4.66. The summed E-state index contributed by atoms with van der Waals surface area (Å²) in [6.45, 7) is 4.32. The lowest BCUT2D eigenvalue weighted by atomic mass is 10.0. The van der Waals surface area contributed by atoms with Gasteiger partial charge in [-0.15, -0.1) is 5.10 Å². The highest BCUT2D eigenvalue weighted by Gasteiger charge is 2.37. The number of alkyl halides is 6. The molecule has 0 bridgehead atoms. The highest BCUT2D eigenvalue weighted by atomic mass is 35.5. The molecule has 4 aromatic rings. The third kappa shape index (κ3) is 9.44. The molecule has 2 heterocycles. The van der Waals surface area contributed by atoms with Crippen LogP contribution in [0.4, 0.5) is 31.1 Å². The summed E-state index contributed by atoms with van der Waals surface area (Å²) in [5, 5.41) is 10.9. The first kappa shape index (κ1) is 35.2. The topological polar surface area (TPSA) is 102 Å². The maximum absolute atomic E-state index is 14.1. The maximum atomic E-state index is 14.1. The Labute approximate surface area is 270 Å². The summed E-state index contributed by atoms with van der Waals surface area (Å²) in [4.78, 5) is 31.6. The quantitative estimate of drug-likeness (QED) is 0.187. The van der Waals surface area contributed by atoms with Crippen LogP contribution in [0.2, 0.25) is 5.02 Å². The van der Waals surface area contributed by atoms with Crippen molar-refractivity contribution in [3.8, 4) is 11.3 Å². The fraction of sp³-hybridized carbons (Fsp3) is 0.323. The highest BCUT2D eigenvalue weighted by Crippen LogP contribution is 2.37. The van der Waals surface area contributed by atoms with Crippen molar-refractivity contribution in [1.29, 1.82) is 0 Å². The third-order valence-electron chi connectivity index (χ3n) is 6.53. The molecule has 2 aromatic carbocycles. The monoisotopic (exact) mass is 682 g/mol. The van der Waals surface area contributed by atoms with Gasteiger partial charge in [0.15, 0.2) is 5.69 Å². The minimum absolute atomic E-state index is 0.0210. The molecule has 0 spiro atoms. The van der Waals surface area contributed by atoms with Crippen molar-refractivity contribution in [1.82, 2.24) is 30.2 Å². The molecule has 16 heteroatoms. The van der Waals surface area contributed by atoms with E-state index in [9.17, 15) is 35.9 Å². The summed E-state index contributed by atoms with van der Waals surface area (Å²) in [6.07, 6.45) is -8.05. The summed E-state index contributed by atoms with van der Waals surface area (Å²) >= 11 is 6.36. The number of hydrogen-bond donors (Lipinski definition) is 1. The van der Waals surface area contributed by atoms with Crippen LogP contribution in [0, 0.1) is 0 Å². The molecule has 2 aromatic heterocycles. The molecule has 47 heavy (non-hydrogen) atoms. The average Bonchev–Trinajstić information content (AvgIpc) is 3.39. The standard InChI is InChI=1S/C31H29ClF6N6O3/c1-29(2,3)47-28(46)40-12-13-43(18-21-6-4-5-7-24(21)32)27(45)25-26(20-8-10-39-11-9-20)44(42-41-25)17-19-14-22(30(33,34)35)16-23(15-19)31(36,37)38/h4-11,14-16H,12-13,17-18H2,1-3H3,(H,40,46). The molecule has 0 saturated carbocycles. The van der Waals surface area contributed by atoms with E-state index in [1.165, 1.54) is 29.4 Å². The zero-order valence-electron chi connectivity index (χ0n) is 25.3. The van der Waals surface area contributed by atoms with Crippen LogP contribution in [0.25, 0.3) is 11.3 Å². The molecule has 250 valence electrons. The fourth-order valence-electron chi connectivity index (χ4n) is 4.49. The molecule has 9 nitrogen and oxygen atoms in total. The van der Waals surface area contributed by atoms with Gasteiger partial charge in [0, 0.05) is 42.6 Å². The molecule has 0 fully saturated rings. The first-order valence-corrected chi connectivity index (χ1v) is 14.4. The number of alkyl carbamates (subject to hydrolysis) is 1. The van der Waals surface area contributed by atoms with Crippen LogP contribution in [-0.2, 0) is 30.2 Å². The molecule has 4 rings (SSSR count). The van der Waals surface area contributed by atoms with Crippen molar-refractivity contribution in [2.24, 2.45) is 0 Å². The van der Waals surface area contributed by atoms with Gasteiger partial charge in [-0.2, -0.15) is 26.3 Å². The van der Waals surface area contributed by atoms with Gasteiger partial charge >= 0.3 is 18.4 Å². The first-order valence-electron chi connectivity index (χ1n) is 14.0. The van der Waals surface area contributed by atoms with E-state index in [2.05, 4.69) is 20.6 Å². The van der Waals surface area contributed by atoms with E-state index in [-0.39, 0.29) is 42.7 Å². The fourth-order valence-corrected chi connectivity index (χ4v) is 4.68. The van der Waals surface area contributed by atoms with Gasteiger partial charge < -0.3 is 15.0 Å². The lowest BCUT2D eigenvalue weighted by molar-refractivity contribution is -0.143. The molecular weight excluding hydrogens is 654 g/mol. The molecule has 0 aliphatic rings. The summed E-state index contributed by atoms with van der Waals surface area (Å²) in [5.41, 5.74) is -3.48. The van der Waals surface area contributed by atoms with E-state index in [4.69, 9.17) is 16.3 Å². The molecule has 2 amide bonds. The predicted molar refractivity (Wildman–Crippen MR) is 159 cm³/mol. The molecule has 0 unspecified atom stereocenters. The SMILES string of the molecule is CC(C)(C)OC(=O)NCCN(Cc1ccccc1Cl)C(=O)c1nnn(Cc2cc(C(F)(F)F)cc(C(F)(F)F)c2)c1-c1ccncc1. The molecular formula is C31H29ClF6N6O3. The number of amides is 2. The summed E-state index contributed by atoms with van der Waals surface area (Å²) in [6, 6.07) is 10.9. The van der Waals surface area contributed by atoms with Crippen molar-refractivity contribution in [3.05, 3.63) is 100.0 Å². The largest absolute Gasteiger partial charge is 0.444 e. The number of halogens is 7. The lowest BCUT2D eigenvalue weighted by Crippen LogP contribution is -2.40. The number of nitrogens with one attached hydrogen (secondary N) is 1. The molecule has 0 atom stereocenters. The number of hydrogen-bond acceptors (Lipinski definition) is 6. The number of aromatic nitrogens is 4. The van der Waals surface area contributed by atoms with Gasteiger partial charge in [0.25, 0.3) is 5.91 Å². The number of nitrogens with zero attached hydrogens (tertiary/aromatic N) is 5. The van der Waals surface area contributed by atoms with E-state index in [0.29, 0.717) is 28.3 Å². The Balaban J connectivity index is 1.74. The summed E-state index contributed by atoms with van der Waals surface area (Å²) in [5.74, 6) is -0.700. The van der Waals surface area contributed by atoms with Gasteiger partial charge in [0.05, 0.1) is 17.7 Å². The van der Waals surface area contributed by atoms with Gasteiger partial charge in [-0.1, -0.05) is 35.0 Å². The number of rotatable bonds is 9. The summed E-state index contributed by atoms with van der Waals surface area (Å²) in [7, 11) is 0. The van der Waals surface area contributed by atoms with Crippen molar-refractivity contribution >= 4 is 23.6 Å². The number of ether oxygens (including phenoxy) is 1. The third-order valence-corrected chi connectivity index (χ3v) is 6.90. The van der Waals surface area contributed by atoms with Gasteiger partial charge in [0.1, 0.15) is 11.3 Å². The zero-order chi connectivity index (χ0) is 34.6. The van der Waals surface area contributed by atoms with Crippen LogP contribution >= 0.6 is 11.6 Å². The van der Waals surface area contributed by atoms with Crippen LogP contribution < -0.4 is 5.32 Å². The Morgan fingerprint density at radius 2 is 1.55 bits per heavy atom. The molecule has 0 aliphatic heterocycles. The van der Waals surface area contributed by atoms with Crippen LogP contribution in [0.5, 0.6) is 0 Å². The lowest BCUT2D eigenvalue weighted by Gasteiger charge is -2.24. The highest BCUT2D eigenvalue weighted by molar-refractivity contribution is 6.31. The minimum Gasteiger partial charge on any atom is -0.444 e. The van der Waals surface area contributed by atoms with Crippen LogP contribution in [0.15, 0.2) is 67.0 Å². The Bertz CT molecular complexity index is 1690. The maximum Gasteiger partial charge on any atom is 0.416 e. The number of pyridine rings is 1. The Kier molecular flexibility index (Phi) is 10.5. The van der Waals surface area contributed by atoms with Crippen molar-refractivity contribution in [2.45, 2.75) is 51.8 Å². The molecule has 1 N–H and O–H groups in total. The minimum atomic E-state index is -5.06. The smallest absolute Gasteiger partial charge is 0.416 e. The Morgan fingerprint density at radius 3 is 2.13 bits per heavy atom. The van der Waals surface area contributed by atoms with E-state index in [1.54, 1.807) is 45.0 Å². The second-order valence-electron chi connectivity index (χ2n) is 11.3. The number of benzene rings is 2. The molecule has 0 aliphatic carbocycles. The van der Waals surface area contributed by atoms with E-state index >= 15 is 0 Å². The normalized spacial score (nSPS) is 12.1. The van der Waals surface area contributed by atoms with Gasteiger partial charge in [-0.05, 0) is 68.3 Å². The predicted octanol–water partition coefficient (Wildman–Crippen LogP) is 7.25. The summed E-state index contributed by atoms with van der Waals surface area (Å²) < 4.78 is 87.6. The number of carbonyl (C=O) groups excluding carboxylic acids is 2. The zero-order valence-corrected chi connectivity index (χ0v) is 26.0. The second-order valence-corrected chi connectivity index (χ2v) is 11.7. The first-order chi connectivity index (χ1) is 21.9. The average molecular weight is 683 g/mol. The van der Waals surface area contributed by atoms with Gasteiger partial charge in [-0.25, -0.2) is 9.48 Å². The molecule has 0 radical (unpaired) electrons. The van der Waals surface area contributed by atoms with E-state index < -0.39 is 47.6 Å². The van der Waals surface area contributed by atoms with E-state index in [0.717, 1.165) is 4.68 Å². The van der Waals surface area contributed by atoms with E-state index in [1.807, 2.05) is 0 Å². The van der Waals surface area contributed by atoms with Gasteiger partial charge in [0.2, 0.25) is 0 Å². The van der Waals surface area contributed by atoms with Crippen LogP contribution in [0.1, 0.15) is 53.5 Å². The van der Waals surface area contributed by atoms with Crippen molar-refractivity contribution in [2.75, 3.05) is 13.1 Å². The van der Waals surface area contributed by atoms with Crippen LogP contribution in [0.3, 0.4) is 0 Å². The Morgan fingerprint density at radius 1 is 0.936 bits per heavy atom.